The Morgan fingerprint density at radius 2 is 2.09 bits per heavy atom. The first kappa shape index (κ1) is 14.4. The highest BCUT2D eigenvalue weighted by atomic mass is 35.5. The van der Waals surface area contributed by atoms with Crippen molar-refractivity contribution in [3.8, 4) is 5.75 Å². The minimum Gasteiger partial charge on any atom is -0.493 e. The monoisotopic (exact) mass is 319 g/mol. The Morgan fingerprint density at radius 3 is 2.82 bits per heavy atom. The maximum Gasteiger partial charge on any atom is 0.291 e. The van der Waals surface area contributed by atoms with Gasteiger partial charge in [-0.25, -0.2) is 4.39 Å². The van der Waals surface area contributed by atoms with Crippen LogP contribution in [0.1, 0.15) is 10.6 Å². The largest absolute Gasteiger partial charge is 0.493 e. The third-order valence-electron chi connectivity index (χ3n) is 3.13. The second-order valence-corrected chi connectivity index (χ2v) is 4.98. The molecular formula is C16H11ClFNO3. The maximum absolute atomic E-state index is 13.1. The summed E-state index contributed by atoms with van der Waals surface area (Å²) >= 11 is 5.68. The van der Waals surface area contributed by atoms with Gasteiger partial charge in [0.25, 0.3) is 5.91 Å². The first-order valence-corrected chi connectivity index (χ1v) is 6.79. The fraction of sp³-hybridized carbons (Fsp3) is 0.0625. The molecule has 1 amide bonds. The van der Waals surface area contributed by atoms with Crippen molar-refractivity contribution >= 4 is 34.2 Å². The Morgan fingerprint density at radius 1 is 1.27 bits per heavy atom. The van der Waals surface area contributed by atoms with Crippen LogP contribution in [-0.2, 0) is 0 Å². The molecule has 0 fully saturated rings. The minimum absolute atomic E-state index is 0.0657. The number of carbonyl (C=O) groups is 1. The van der Waals surface area contributed by atoms with Gasteiger partial charge in [-0.05, 0) is 30.3 Å². The molecule has 0 atom stereocenters. The van der Waals surface area contributed by atoms with E-state index in [1.807, 2.05) is 6.07 Å². The minimum atomic E-state index is -0.548. The zero-order valence-electron chi connectivity index (χ0n) is 11.5. The summed E-state index contributed by atoms with van der Waals surface area (Å²) in [5, 5.41) is 3.29. The van der Waals surface area contributed by atoms with Crippen LogP contribution in [0.25, 0.3) is 11.0 Å². The summed E-state index contributed by atoms with van der Waals surface area (Å²) in [6.07, 6.45) is 0. The van der Waals surface area contributed by atoms with Crippen molar-refractivity contribution in [1.82, 2.24) is 0 Å². The number of nitrogens with one attached hydrogen (secondary N) is 1. The molecule has 0 bridgehead atoms. The molecule has 0 aliphatic heterocycles. The summed E-state index contributed by atoms with van der Waals surface area (Å²) < 4.78 is 23.8. The predicted molar refractivity (Wildman–Crippen MR) is 82.1 cm³/mol. The van der Waals surface area contributed by atoms with Crippen molar-refractivity contribution in [2.75, 3.05) is 12.4 Å². The van der Waals surface area contributed by atoms with E-state index in [-0.39, 0.29) is 10.8 Å². The Labute approximate surface area is 130 Å². The van der Waals surface area contributed by atoms with Gasteiger partial charge in [0.2, 0.25) is 0 Å². The summed E-state index contributed by atoms with van der Waals surface area (Å²) in [5.41, 5.74) is 0.871. The van der Waals surface area contributed by atoms with Crippen LogP contribution in [0.4, 0.5) is 10.1 Å². The van der Waals surface area contributed by atoms with Gasteiger partial charge in [0.15, 0.2) is 17.1 Å². The number of hydrogen-bond acceptors (Lipinski definition) is 3. The summed E-state index contributed by atoms with van der Waals surface area (Å²) in [7, 11) is 1.53. The van der Waals surface area contributed by atoms with E-state index in [2.05, 4.69) is 5.32 Å². The molecule has 1 aromatic heterocycles. The SMILES string of the molecule is COc1cccc2cc(C(=O)Nc3ccc(F)c(Cl)c3)oc12. The fourth-order valence-corrected chi connectivity index (χ4v) is 2.26. The van der Waals surface area contributed by atoms with E-state index < -0.39 is 11.7 Å². The van der Waals surface area contributed by atoms with Crippen LogP contribution in [0.5, 0.6) is 5.75 Å². The first-order chi connectivity index (χ1) is 10.6. The summed E-state index contributed by atoms with van der Waals surface area (Å²) in [5.74, 6) is -0.338. The molecule has 3 aromatic rings. The van der Waals surface area contributed by atoms with E-state index in [4.69, 9.17) is 20.8 Å². The van der Waals surface area contributed by atoms with Gasteiger partial charge in [0, 0.05) is 11.1 Å². The van der Waals surface area contributed by atoms with E-state index in [1.54, 1.807) is 18.2 Å². The normalized spacial score (nSPS) is 10.7. The van der Waals surface area contributed by atoms with E-state index in [0.29, 0.717) is 17.0 Å². The quantitative estimate of drug-likeness (QED) is 0.774. The number of para-hydroxylation sites is 1. The van der Waals surface area contributed by atoms with Crippen LogP contribution in [0.3, 0.4) is 0 Å². The highest BCUT2D eigenvalue weighted by Gasteiger charge is 2.15. The van der Waals surface area contributed by atoms with Gasteiger partial charge in [-0.3, -0.25) is 4.79 Å². The number of fused-ring (bicyclic) bond motifs is 1. The number of rotatable bonds is 3. The molecule has 0 aliphatic rings. The third-order valence-corrected chi connectivity index (χ3v) is 3.42. The van der Waals surface area contributed by atoms with Gasteiger partial charge in [0.05, 0.1) is 12.1 Å². The standard InChI is InChI=1S/C16H11ClFNO3/c1-21-13-4-2-3-9-7-14(22-15(9)13)16(20)19-10-5-6-12(18)11(17)8-10/h2-8H,1H3,(H,19,20). The molecule has 0 saturated carbocycles. The van der Waals surface area contributed by atoms with Crippen LogP contribution < -0.4 is 10.1 Å². The molecule has 112 valence electrons. The van der Waals surface area contributed by atoms with Crippen LogP contribution in [0.2, 0.25) is 5.02 Å². The summed E-state index contributed by atoms with van der Waals surface area (Å²) in [4.78, 5) is 12.2. The molecule has 22 heavy (non-hydrogen) atoms. The van der Waals surface area contributed by atoms with Crippen molar-refractivity contribution in [1.29, 1.82) is 0 Å². The molecule has 0 aliphatic carbocycles. The Bertz CT molecular complexity index is 860. The predicted octanol–water partition coefficient (Wildman–Crippen LogP) is 4.49. The fourth-order valence-electron chi connectivity index (χ4n) is 2.08. The smallest absolute Gasteiger partial charge is 0.291 e. The molecule has 0 radical (unpaired) electrons. The van der Waals surface area contributed by atoms with Crippen molar-refractivity contribution in [2.24, 2.45) is 0 Å². The lowest BCUT2D eigenvalue weighted by Crippen LogP contribution is -2.10. The van der Waals surface area contributed by atoms with Gasteiger partial charge < -0.3 is 14.5 Å². The van der Waals surface area contributed by atoms with Crippen LogP contribution in [-0.4, -0.2) is 13.0 Å². The second-order valence-electron chi connectivity index (χ2n) is 4.57. The molecule has 6 heteroatoms. The van der Waals surface area contributed by atoms with Crippen molar-refractivity contribution < 1.29 is 18.3 Å². The zero-order valence-corrected chi connectivity index (χ0v) is 12.3. The number of halogens is 2. The lowest BCUT2D eigenvalue weighted by atomic mass is 10.2. The second kappa shape index (κ2) is 5.69. The summed E-state index contributed by atoms with van der Waals surface area (Å²) in [6.45, 7) is 0. The zero-order chi connectivity index (χ0) is 15.7. The van der Waals surface area contributed by atoms with Crippen LogP contribution >= 0.6 is 11.6 Å². The van der Waals surface area contributed by atoms with Gasteiger partial charge >= 0.3 is 0 Å². The van der Waals surface area contributed by atoms with Crippen LogP contribution in [0, 0.1) is 5.82 Å². The van der Waals surface area contributed by atoms with Crippen LogP contribution in [0.15, 0.2) is 46.9 Å². The first-order valence-electron chi connectivity index (χ1n) is 6.41. The molecule has 1 heterocycles. The molecule has 0 saturated heterocycles. The molecule has 1 N–H and O–H groups in total. The number of methoxy groups -OCH3 is 1. The van der Waals surface area contributed by atoms with Crippen molar-refractivity contribution in [2.45, 2.75) is 0 Å². The molecule has 3 rings (SSSR count). The molecule has 2 aromatic carbocycles. The number of amides is 1. The summed E-state index contributed by atoms with van der Waals surface area (Å²) in [6, 6.07) is 10.9. The van der Waals surface area contributed by atoms with Crippen molar-refractivity contribution in [3.05, 3.63) is 59.1 Å². The van der Waals surface area contributed by atoms with E-state index in [0.717, 1.165) is 5.39 Å². The average Bonchev–Trinajstić information content (AvgIpc) is 2.95. The van der Waals surface area contributed by atoms with Gasteiger partial charge in [-0.1, -0.05) is 23.7 Å². The Hall–Kier alpha value is -2.53. The number of ether oxygens (including phenoxy) is 1. The number of hydrogen-bond donors (Lipinski definition) is 1. The maximum atomic E-state index is 13.1. The third kappa shape index (κ3) is 2.63. The van der Waals surface area contributed by atoms with E-state index >= 15 is 0 Å². The van der Waals surface area contributed by atoms with E-state index in [9.17, 15) is 9.18 Å². The number of carbonyl (C=O) groups excluding carboxylic acids is 1. The number of furan rings is 1. The Kier molecular flexibility index (Phi) is 3.73. The molecule has 0 spiro atoms. The number of anilines is 1. The average molecular weight is 320 g/mol. The highest BCUT2D eigenvalue weighted by molar-refractivity contribution is 6.31. The van der Waals surface area contributed by atoms with Gasteiger partial charge in [-0.2, -0.15) is 0 Å². The lowest BCUT2D eigenvalue weighted by molar-refractivity contribution is 0.0998. The van der Waals surface area contributed by atoms with E-state index in [1.165, 1.54) is 25.3 Å². The highest BCUT2D eigenvalue weighted by Crippen LogP contribution is 2.29. The lowest BCUT2D eigenvalue weighted by Gasteiger charge is -2.04. The molecule has 4 nitrogen and oxygen atoms in total. The van der Waals surface area contributed by atoms with Gasteiger partial charge in [0.1, 0.15) is 5.82 Å². The molecular weight excluding hydrogens is 309 g/mol. The van der Waals surface area contributed by atoms with Gasteiger partial charge in [-0.15, -0.1) is 0 Å². The Balaban J connectivity index is 1.90. The number of benzene rings is 2. The molecule has 0 unspecified atom stereocenters. The van der Waals surface area contributed by atoms with Crippen molar-refractivity contribution in [3.63, 3.8) is 0 Å². The topological polar surface area (TPSA) is 51.5 Å².